The minimum Gasteiger partial charge on any atom is -0.481 e. The molecule has 13 unspecified atom stereocenters. The minimum atomic E-state index is -1.87. The molecular weight excluding hydrogens is 1560 g/mol. The molecule has 0 fully saturated rings. The Morgan fingerprint density at radius 1 is 0.333 bits per heavy atom. The van der Waals surface area contributed by atoms with E-state index in [1.165, 1.54) is 79.1 Å². The molecule has 0 rings (SSSR count). The Morgan fingerprint density at radius 2 is 0.692 bits per heavy atom. The summed E-state index contributed by atoms with van der Waals surface area (Å²) in [6, 6.07) is -19.6. The summed E-state index contributed by atoms with van der Waals surface area (Å²) < 4.78 is 0. The van der Waals surface area contributed by atoms with E-state index in [4.69, 9.17) is 40.1 Å². The molecule has 0 saturated heterocycles. The molecule has 42 heteroatoms. The number of nitrogens with two attached hydrogens (primary N) is 7. The van der Waals surface area contributed by atoms with E-state index >= 15 is 0 Å². The summed E-state index contributed by atoms with van der Waals surface area (Å²) in [6.45, 7) is 16.2. The topological polar surface area (TPSA) is 714 Å². The maximum absolute atomic E-state index is 14.7. The number of unbranched alkanes of at least 4 members (excludes halogenated alkanes) is 12. The van der Waals surface area contributed by atoms with Gasteiger partial charge >= 0.3 is 17.9 Å². The molecule has 684 valence electrons. The number of carboxylic acids is 3. The summed E-state index contributed by atoms with van der Waals surface area (Å²) >= 11 is 0. The van der Waals surface area contributed by atoms with Crippen molar-refractivity contribution in [3.8, 4) is 0 Å². The van der Waals surface area contributed by atoms with Crippen LogP contribution in [0.2, 0.25) is 0 Å². The molecule has 0 saturated carbocycles. The summed E-state index contributed by atoms with van der Waals surface area (Å²) in [5.74, 6) is -19.3. The molecule has 0 aromatic rings. The van der Waals surface area contributed by atoms with Crippen LogP contribution in [0.3, 0.4) is 0 Å². The highest BCUT2D eigenvalue weighted by molar-refractivity contribution is 6.00. The van der Waals surface area contributed by atoms with Crippen molar-refractivity contribution in [1.82, 2.24) is 69.1 Å². The third-order valence-electron chi connectivity index (χ3n) is 19.1. The van der Waals surface area contributed by atoms with Crippen LogP contribution in [0, 0.1) is 17.8 Å². The smallest absolute Gasteiger partial charge is 0.326 e. The van der Waals surface area contributed by atoms with Crippen LogP contribution < -0.4 is 109 Å². The molecule has 0 radical (unpaired) electrons. The third-order valence-corrected chi connectivity index (χ3v) is 19.1. The highest BCUT2D eigenvalue weighted by atomic mass is 16.4. The van der Waals surface area contributed by atoms with Crippen LogP contribution in [0.1, 0.15) is 255 Å². The second-order valence-corrected chi connectivity index (χ2v) is 31.5. The number of hydrogen-bond acceptors (Lipinski definition) is 21. The number of nitrogens with one attached hydrogen (secondary N) is 13. The van der Waals surface area contributed by atoms with Gasteiger partial charge in [-0.3, -0.25) is 86.7 Å². The van der Waals surface area contributed by atoms with Gasteiger partial charge in [-0.2, -0.15) is 0 Å². The first-order chi connectivity index (χ1) is 56.4. The van der Waals surface area contributed by atoms with Crippen LogP contribution in [0.15, 0.2) is 9.98 Å². The zero-order valence-electron chi connectivity index (χ0n) is 71.8. The lowest BCUT2D eigenvalue weighted by Gasteiger charge is -2.28. The highest BCUT2D eigenvalue weighted by Crippen LogP contribution is 2.16. The summed E-state index contributed by atoms with van der Waals surface area (Å²) in [7, 11) is 0. The Morgan fingerprint density at radius 3 is 1.10 bits per heavy atom. The molecule has 0 aliphatic heterocycles. The van der Waals surface area contributed by atoms with Gasteiger partial charge in [-0.1, -0.05) is 113 Å². The van der Waals surface area contributed by atoms with Crippen molar-refractivity contribution in [3.05, 3.63) is 0 Å². The van der Waals surface area contributed by atoms with E-state index in [9.17, 15) is 96.8 Å². The number of rotatable bonds is 67. The maximum Gasteiger partial charge on any atom is 0.326 e. The zero-order valence-corrected chi connectivity index (χ0v) is 71.8. The lowest BCUT2D eigenvalue weighted by Crippen LogP contribution is -2.61. The molecule has 0 aromatic carbocycles. The van der Waals surface area contributed by atoms with Gasteiger partial charge in [-0.05, 0) is 141 Å². The predicted molar refractivity (Wildman–Crippen MR) is 448 cm³/mol. The summed E-state index contributed by atoms with van der Waals surface area (Å²) in [4.78, 5) is 236. The molecule has 0 spiro atoms. The van der Waals surface area contributed by atoms with Gasteiger partial charge in [0.1, 0.15) is 72.5 Å². The largest absolute Gasteiger partial charge is 0.481 e. The van der Waals surface area contributed by atoms with Crippen molar-refractivity contribution in [2.75, 3.05) is 26.2 Å². The number of guanidine groups is 2. The number of primary amides is 1. The fourth-order valence-corrected chi connectivity index (χ4v) is 12.2. The lowest BCUT2D eigenvalue weighted by atomic mass is 10.0. The molecule has 42 nitrogen and oxygen atoms in total. The average Bonchev–Trinajstić information content (AvgIpc) is 0.856. The lowest BCUT2D eigenvalue weighted by molar-refractivity contribution is -0.143. The van der Waals surface area contributed by atoms with Crippen LogP contribution >= 0.6 is 0 Å². The first kappa shape index (κ1) is 109. The van der Waals surface area contributed by atoms with E-state index in [2.05, 4.69) is 86.0 Å². The van der Waals surface area contributed by atoms with E-state index in [1.54, 1.807) is 27.7 Å². The van der Waals surface area contributed by atoms with Crippen LogP contribution in [0.4, 0.5) is 0 Å². The molecular formula is C78H142N22O20. The molecule has 0 heterocycles. The summed E-state index contributed by atoms with van der Waals surface area (Å²) in [5, 5.41) is 61.3. The van der Waals surface area contributed by atoms with Crippen molar-refractivity contribution >= 4 is 113 Å². The van der Waals surface area contributed by atoms with E-state index in [-0.39, 0.29) is 101 Å². The highest BCUT2D eigenvalue weighted by Gasteiger charge is 2.38. The monoisotopic (exact) mass is 1710 g/mol. The molecule has 0 aliphatic rings. The van der Waals surface area contributed by atoms with E-state index in [1.807, 2.05) is 0 Å². The molecule has 13 atom stereocenters. The molecule has 0 aliphatic carbocycles. The second kappa shape index (κ2) is 61.7. The molecule has 0 bridgehead atoms. The van der Waals surface area contributed by atoms with E-state index < -0.39 is 211 Å². The number of carboxylic acid groups (broad SMARTS) is 3. The maximum atomic E-state index is 14.7. The van der Waals surface area contributed by atoms with Crippen molar-refractivity contribution in [2.24, 2.45) is 67.9 Å². The van der Waals surface area contributed by atoms with Crippen LogP contribution in [-0.4, -0.2) is 233 Å². The molecule has 14 amide bonds. The molecule has 30 N–H and O–H groups in total. The predicted octanol–water partition coefficient (Wildman–Crippen LogP) is -2.15. The summed E-state index contributed by atoms with van der Waals surface area (Å²) in [5.41, 5.74) is 39.9. The van der Waals surface area contributed by atoms with Gasteiger partial charge in [0.15, 0.2) is 11.9 Å². The van der Waals surface area contributed by atoms with Crippen molar-refractivity contribution < 1.29 is 96.8 Å². The van der Waals surface area contributed by atoms with Gasteiger partial charge in [-0.15, -0.1) is 0 Å². The minimum absolute atomic E-state index is 0.0164. The fourth-order valence-electron chi connectivity index (χ4n) is 12.2. The second-order valence-electron chi connectivity index (χ2n) is 31.5. The van der Waals surface area contributed by atoms with Gasteiger partial charge < -0.3 is 125 Å². The number of aliphatic carboxylic acids is 3. The van der Waals surface area contributed by atoms with Gasteiger partial charge in [-0.25, -0.2) is 4.79 Å². The van der Waals surface area contributed by atoms with Crippen LogP contribution in [-0.2, 0) is 81.5 Å². The van der Waals surface area contributed by atoms with E-state index in [0.29, 0.717) is 38.6 Å². The molecule has 0 aromatic heterocycles. The van der Waals surface area contributed by atoms with Gasteiger partial charge in [0.05, 0.1) is 12.5 Å². The normalized spacial score (nSPS) is 14.4. The molecule has 120 heavy (non-hydrogen) atoms. The first-order valence-corrected chi connectivity index (χ1v) is 41.9. The zero-order chi connectivity index (χ0) is 91.1. The number of aliphatic imine (C=N–C) groups is 2. The van der Waals surface area contributed by atoms with Crippen molar-refractivity contribution in [1.29, 1.82) is 0 Å². The Bertz CT molecular complexity index is 3340. The van der Waals surface area contributed by atoms with Gasteiger partial charge in [0, 0.05) is 38.9 Å². The number of nitrogens with zero attached hydrogens (tertiary/aromatic N) is 2. The summed E-state index contributed by atoms with van der Waals surface area (Å²) in [6.07, 6.45) is 11.4. The van der Waals surface area contributed by atoms with Gasteiger partial charge in [0.2, 0.25) is 82.7 Å². The van der Waals surface area contributed by atoms with Crippen molar-refractivity contribution in [3.63, 3.8) is 0 Å². The number of amides is 14. The Kier molecular flexibility index (Phi) is 56.3. The van der Waals surface area contributed by atoms with Gasteiger partial charge in [0.25, 0.3) is 0 Å². The first-order valence-electron chi connectivity index (χ1n) is 41.9. The average molecular weight is 1710 g/mol. The third kappa shape index (κ3) is 50.4. The Balaban J connectivity index is 6.80. The fraction of sp³-hybridized carbons (Fsp3) is 0.756. The standard InChI is InChI=1S/C78H142N22O20/c1-11-12-13-14-15-16-17-18-19-20-21-32-60(102)86-38-25-23-28-50(80)67(110)92-51(29-22-24-37-79)68(111)89-47(8)64(107)97-56(41-44(2)3)74(117)94-53(31-27-40-88-78(84)85)70(113)93-52(30-26-39-87-77(82)83)71(114)95-54(33-35-59(81)101)72(115)96-55(34-36-61(103)104)69(112)90-49(10)66(109)100-63(46(6)7)75(118)98-57(43-62(105)106)73(116)91-48(9)65(108)99-58(76(119)120)42-45(4)5/h44-58,63H,11-43,79-80H2,1-10H3,(H2,81,101)(H,86,102)(H,89,111)(H,90,112)(H,91,116)(H,92,110)(H,93,113)(H,94,117)(H,95,114)(H,96,115)(H,97,107)(H,98,118)(H,99,108)(H,100,109)(H,103,104)(H,105,106)(H,119,120)(H4,82,83,87)(H4,84,85,88). The quantitative estimate of drug-likeness (QED) is 0.0175. The Hall–Kier alpha value is -10.5. The van der Waals surface area contributed by atoms with Crippen molar-refractivity contribution in [2.45, 2.75) is 334 Å². The number of hydrogen-bond donors (Lipinski definition) is 23. The van der Waals surface area contributed by atoms with Crippen LogP contribution in [0.25, 0.3) is 0 Å². The van der Waals surface area contributed by atoms with E-state index in [0.717, 1.165) is 26.2 Å². The van der Waals surface area contributed by atoms with Crippen LogP contribution in [0.5, 0.6) is 0 Å². The number of carbonyl (C=O) groups excluding carboxylic acids is 14. The SMILES string of the molecule is CCCCCCCCCCCCCC(=O)NCCCCC(N)C(=O)NC(CCCCN)C(=O)NC(C)C(=O)NC(CC(C)C)C(=O)NC(CCCN=C(N)N)C(=O)NC(CCCN=C(N)N)C(=O)NC(CCC(N)=O)C(=O)NC(CCC(=O)O)C(=O)NC(C)C(=O)NC(C(=O)NC(CC(=O)O)C(=O)NC(C)C(=O)NC(CC(C)C)C(=O)O)C(C)C. The number of carbonyl (C=O) groups is 17. The Labute approximate surface area is 703 Å².